The average molecular weight is 294 g/mol. The quantitative estimate of drug-likeness (QED) is 0.829. The van der Waals surface area contributed by atoms with Crippen LogP contribution in [0, 0.1) is 13.8 Å². The molecule has 2 aromatic carbocycles. The fraction of sp³-hybridized carbons (Fsp3) is 0.300. The standard InChI is InChI=1S/C20H22O2/c1-14-4-8-17(9-5-14)19(21)12-16(3)13-20(19,22)18-10-6-15(2)7-11-18/h4-11,21-22H,3,12-13H2,1-2H3/t19-,20-/m1/s1. The molecule has 114 valence electrons. The zero-order valence-corrected chi connectivity index (χ0v) is 13.1. The monoisotopic (exact) mass is 294 g/mol. The number of aryl methyl sites for hydroxylation is 2. The van der Waals surface area contributed by atoms with Crippen LogP contribution in [-0.2, 0) is 11.2 Å². The van der Waals surface area contributed by atoms with Crippen molar-refractivity contribution in [3.05, 3.63) is 82.9 Å². The van der Waals surface area contributed by atoms with Gasteiger partial charge in [-0.2, -0.15) is 0 Å². The Morgan fingerprint density at radius 1 is 0.727 bits per heavy atom. The molecule has 1 aliphatic carbocycles. The van der Waals surface area contributed by atoms with Gasteiger partial charge in [0, 0.05) is 12.8 Å². The van der Waals surface area contributed by atoms with Crippen LogP contribution in [-0.4, -0.2) is 10.2 Å². The van der Waals surface area contributed by atoms with E-state index in [-0.39, 0.29) is 0 Å². The minimum atomic E-state index is -1.34. The second-order valence-electron chi connectivity index (χ2n) is 6.56. The minimum Gasteiger partial charge on any atom is -0.381 e. The number of benzene rings is 2. The summed E-state index contributed by atoms with van der Waals surface area (Å²) in [6, 6.07) is 15.4. The summed E-state index contributed by atoms with van der Waals surface area (Å²) in [5, 5.41) is 22.7. The Balaban J connectivity index is 2.13. The number of aliphatic hydroxyl groups is 2. The van der Waals surface area contributed by atoms with Gasteiger partial charge in [0.2, 0.25) is 0 Å². The predicted molar refractivity (Wildman–Crippen MR) is 88.5 cm³/mol. The molecule has 2 atom stereocenters. The van der Waals surface area contributed by atoms with Gasteiger partial charge in [0.05, 0.1) is 0 Å². The van der Waals surface area contributed by atoms with Crippen molar-refractivity contribution >= 4 is 0 Å². The Morgan fingerprint density at radius 3 is 1.36 bits per heavy atom. The summed E-state index contributed by atoms with van der Waals surface area (Å²) in [7, 11) is 0. The smallest absolute Gasteiger partial charge is 0.126 e. The van der Waals surface area contributed by atoms with Gasteiger partial charge in [0.15, 0.2) is 0 Å². The largest absolute Gasteiger partial charge is 0.381 e. The van der Waals surface area contributed by atoms with Gasteiger partial charge in [-0.1, -0.05) is 71.8 Å². The van der Waals surface area contributed by atoms with Gasteiger partial charge in [-0.15, -0.1) is 0 Å². The zero-order valence-electron chi connectivity index (χ0n) is 13.1. The molecule has 0 radical (unpaired) electrons. The molecule has 22 heavy (non-hydrogen) atoms. The van der Waals surface area contributed by atoms with Crippen LogP contribution in [0.15, 0.2) is 60.7 Å². The van der Waals surface area contributed by atoms with E-state index in [1.807, 2.05) is 62.4 Å². The van der Waals surface area contributed by atoms with E-state index in [1.54, 1.807) is 0 Å². The molecule has 0 aromatic heterocycles. The van der Waals surface area contributed by atoms with Crippen LogP contribution in [0.5, 0.6) is 0 Å². The highest BCUT2D eigenvalue weighted by Crippen LogP contribution is 2.54. The normalized spacial score (nSPS) is 28.1. The van der Waals surface area contributed by atoms with Gasteiger partial charge in [-0.05, 0) is 25.0 Å². The maximum atomic E-state index is 11.4. The second-order valence-corrected chi connectivity index (χ2v) is 6.56. The second kappa shape index (κ2) is 5.08. The molecule has 2 nitrogen and oxygen atoms in total. The molecular weight excluding hydrogens is 272 g/mol. The van der Waals surface area contributed by atoms with Crippen LogP contribution in [0.2, 0.25) is 0 Å². The van der Waals surface area contributed by atoms with E-state index in [0.29, 0.717) is 12.8 Å². The Morgan fingerprint density at radius 2 is 1.05 bits per heavy atom. The fourth-order valence-corrected chi connectivity index (χ4v) is 3.42. The molecule has 0 spiro atoms. The van der Waals surface area contributed by atoms with E-state index in [4.69, 9.17) is 0 Å². The summed E-state index contributed by atoms with van der Waals surface area (Å²) < 4.78 is 0. The van der Waals surface area contributed by atoms with Crippen molar-refractivity contribution in [3.8, 4) is 0 Å². The number of hydrogen-bond acceptors (Lipinski definition) is 2. The molecule has 2 N–H and O–H groups in total. The number of hydrogen-bond donors (Lipinski definition) is 2. The van der Waals surface area contributed by atoms with Gasteiger partial charge in [-0.25, -0.2) is 0 Å². The van der Waals surface area contributed by atoms with Crippen molar-refractivity contribution in [2.75, 3.05) is 0 Å². The van der Waals surface area contributed by atoms with E-state index in [9.17, 15) is 10.2 Å². The van der Waals surface area contributed by atoms with Crippen LogP contribution in [0.3, 0.4) is 0 Å². The summed E-state index contributed by atoms with van der Waals surface area (Å²) >= 11 is 0. The van der Waals surface area contributed by atoms with E-state index in [0.717, 1.165) is 27.8 Å². The first-order chi connectivity index (χ1) is 10.3. The number of rotatable bonds is 2. The van der Waals surface area contributed by atoms with E-state index >= 15 is 0 Å². The van der Waals surface area contributed by atoms with Crippen LogP contribution in [0.25, 0.3) is 0 Å². The third-order valence-corrected chi connectivity index (χ3v) is 4.75. The van der Waals surface area contributed by atoms with Gasteiger partial charge in [0.25, 0.3) is 0 Å². The lowest BCUT2D eigenvalue weighted by molar-refractivity contribution is -0.143. The third kappa shape index (κ3) is 2.20. The Kier molecular flexibility index (Phi) is 3.47. The van der Waals surface area contributed by atoms with Gasteiger partial charge in [-0.3, -0.25) is 0 Å². The summed E-state index contributed by atoms with van der Waals surface area (Å²) in [4.78, 5) is 0. The summed E-state index contributed by atoms with van der Waals surface area (Å²) in [5.74, 6) is 0. The molecule has 0 saturated heterocycles. The molecule has 0 aliphatic heterocycles. The van der Waals surface area contributed by atoms with Crippen molar-refractivity contribution in [2.24, 2.45) is 0 Å². The predicted octanol–water partition coefficient (Wildman–Crippen LogP) is 3.73. The summed E-state index contributed by atoms with van der Waals surface area (Å²) in [5.41, 5.74) is 1.91. The van der Waals surface area contributed by atoms with E-state index in [2.05, 4.69) is 6.58 Å². The molecule has 0 unspecified atom stereocenters. The summed E-state index contributed by atoms with van der Waals surface area (Å²) in [6.07, 6.45) is 0.751. The van der Waals surface area contributed by atoms with Crippen molar-refractivity contribution in [1.29, 1.82) is 0 Å². The first kappa shape index (κ1) is 15.0. The maximum Gasteiger partial charge on any atom is 0.126 e. The molecule has 1 aliphatic rings. The third-order valence-electron chi connectivity index (χ3n) is 4.75. The van der Waals surface area contributed by atoms with Crippen molar-refractivity contribution in [3.63, 3.8) is 0 Å². The average Bonchev–Trinajstić information content (AvgIpc) is 2.71. The van der Waals surface area contributed by atoms with Gasteiger partial charge in [0.1, 0.15) is 11.2 Å². The molecule has 2 aromatic rings. The topological polar surface area (TPSA) is 40.5 Å². The van der Waals surface area contributed by atoms with E-state index < -0.39 is 11.2 Å². The molecular formula is C20H22O2. The lowest BCUT2D eigenvalue weighted by Gasteiger charge is -2.38. The molecule has 1 saturated carbocycles. The maximum absolute atomic E-state index is 11.4. The fourth-order valence-electron chi connectivity index (χ4n) is 3.42. The molecule has 1 fully saturated rings. The van der Waals surface area contributed by atoms with Crippen LogP contribution in [0.4, 0.5) is 0 Å². The molecule has 0 bridgehead atoms. The van der Waals surface area contributed by atoms with E-state index in [1.165, 1.54) is 0 Å². The minimum absolute atomic E-state index is 0.375. The Hall–Kier alpha value is -1.90. The van der Waals surface area contributed by atoms with Crippen LogP contribution >= 0.6 is 0 Å². The molecule has 0 amide bonds. The van der Waals surface area contributed by atoms with Crippen molar-refractivity contribution in [2.45, 2.75) is 37.9 Å². The molecule has 0 heterocycles. The lowest BCUT2D eigenvalue weighted by Crippen LogP contribution is -2.45. The van der Waals surface area contributed by atoms with Crippen LogP contribution < -0.4 is 0 Å². The Labute approximate surface area is 131 Å². The first-order valence-electron chi connectivity index (χ1n) is 7.61. The lowest BCUT2D eigenvalue weighted by atomic mass is 9.75. The highest BCUT2D eigenvalue weighted by Gasteiger charge is 2.56. The van der Waals surface area contributed by atoms with Crippen LogP contribution in [0.1, 0.15) is 35.1 Å². The zero-order chi connectivity index (χ0) is 16.0. The van der Waals surface area contributed by atoms with Gasteiger partial charge < -0.3 is 10.2 Å². The highest BCUT2D eigenvalue weighted by atomic mass is 16.4. The Bertz CT molecular complexity index is 638. The molecule has 2 heteroatoms. The van der Waals surface area contributed by atoms with Gasteiger partial charge >= 0.3 is 0 Å². The SMILES string of the molecule is C=C1C[C@@](O)(c2ccc(C)cc2)[C@](O)(c2ccc(C)cc2)C1. The molecule has 3 rings (SSSR count). The first-order valence-corrected chi connectivity index (χ1v) is 7.61. The van der Waals surface area contributed by atoms with Crippen molar-refractivity contribution in [1.82, 2.24) is 0 Å². The highest BCUT2D eigenvalue weighted by molar-refractivity contribution is 5.41. The summed E-state index contributed by atoms with van der Waals surface area (Å²) in [6.45, 7) is 8.03. The van der Waals surface area contributed by atoms with Crippen molar-refractivity contribution < 1.29 is 10.2 Å².